The Balaban J connectivity index is 1.61. The van der Waals surface area contributed by atoms with E-state index in [2.05, 4.69) is 21.1 Å². The molecule has 2 aliphatic heterocycles. The Morgan fingerprint density at radius 2 is 2.03 bits per heavy atom. The van der Waals surface area contributed by atoms with Crippen molar-refractivity contribution in [1.29, 1.82) is 0 Å². The summed E-state index contributed by atoms with van der Waals surface area (Å²) >= 11 is 0. The van der Waals surface area contributed by atoms with Crippen molar-refractivity contribution in [3.63, 3.8) is 0 Å². The summed E-state index contributed by atoms with van der Waals surface area (Å²) in [5.41, 5.74) is 3.65. The smallest absolute Gasteiger partial charge is 0.247 e. The summed E-state index contributed by atoms with van der Waals surface area (Å²) in [6, 6.07) is 4.94. The van der Waals surface area contributed by atoms with E-state index < -0.39 is 16.1 Å². The highest BCUT2D eigenvalue weighted by molar-refractivity contribution is 7.88. The van der Waals surface area contributed by atoms with Gasteiger partial charge < -0.3 is 20.5 Å². The van der Waals surface area contributed by atoms with Crippen molar-refractivity contribution in [3.05, 3.63) is 29.7 Å². The third-order valence-corrected chi connectivity index (χ3v) is 7.16. The Morgan fingerprint density at radius 1 is 1.25 bits per heavy atom. The number of rotatable bonds is 6. The number of amides is 2. The molecule has 3 heterocycles. The third-order valence-electron chi connectivity index (χ3n) is 5.89. The van der Waals surface area contributed by atoms with Crippen molar-refractivity contribution in [2.24, 2.45) is 0 Å². The van der Waals surface area contributed by atoms with Crippen LogP contribution in [0.2, 0.25) is 0 Å². The normalized spacial score (nSPS) is 21.5. The van der Waals surface area contributed by atoms with Gasteiger partial charge in [0.25, 0.3) is 0 Å². The highest BCUT2D eigenvalue weighted by Crippen LogP contribution is 2.34. The molecule has 2 saturated heterocycles. The van der Waals surface area contributed by atoms with E-state index >= 15 is 0 Å². The molecule has 2 aliphatic rings. The summed E-state index contributed by atoms with van der Waals surface area (Å²) in [4.78, 5) is 24.3. The third kappa shape index (κ3) is 4.63. The molecule has 2 aromatic rings. The first kappa shape index (κ1) is 22.3. The predicted octanol–water partition coefficient (Wildman–Crippen LogP) is 1.62. The molecule has 10 nitrogen and oxygen atoms in total. The van der Waals surface area contributed by atoms with Crippen LogP contribution in [0.3, 0.4) is 0 Å². The zero-order valence-corrected chi connectivity index (χ0v) is 19.1. The maximum absolute atomic E-state index is 12.8. The molecule has 1 unspecified atom stereocenters. The lowest BCUT2D eigenvalue weighted by Crippen LogP contribution is -2.37. The number of hydrogen-bond donors (Lipinski definition) is 3. The number of sulfonamides is 1. The minimum absolute atomic E-state index is 0.0866. The summed E-state index contributed by atoms with van der Waals surface area (Å²) in [5.74, 6) is 0.238. The predicted molar refractivity (Wildman–Crippen MR) is 120 cm³/mol. The molecule has 2 atom stereocenters. The van der Waals surface area contributed by atoms with Crippen LogP contribution in [0, 0.1) is 13.8 Å². The van der Waals surface area contributed by atoms with Crippen LogP contribution < -0.4 is 16.0 Å². The van der Waals surface area contributed by atoms with Gasteiger partial charge in [0.1, 0.15) is 11.8 Å². The molecular weight excluding hydrogens is 434 g/mol. The van der Waals surface area contributed by atoms with Gasteiger partial charge in [-0.1, -0.05) is 11.2 Å². The number of carbonyl (C=O) groups excluding carboxylic acids is 2. The highest BCUT2D eigenvalue weighted by atomic mass is 32.2. The van der Waals surface area contributed by atoms with Crippen LogP contribution in [0.1, 0.15) is 30.7 Å². The van der Waals surface area contributed by atoms with Crippen LogP contribution in [0.25, 0.3) is 11.1 Å². The van der Waals surface area contributed by atoms with Gasteiger partial charge in [-0.2, -0.15) is 0 Å². The zero-order chi connectivity index (χ0) is 23.0. The van der Waals surface area contributed by atoms with E-state index in [0.29, 0.717) is 49.5 Å². The fourth-order valence-corrected chi connectivity index (χ4v) is 5.11. The molecule has 1 aromatic heterocycles. The van der Waals surface area contributed by atoms with Crippen LogP contribution in [0.4, 0.5) is 11.4 Å². The highest BCUT2D eigenvalue weighted by Gasteiger charge is 2.30. The molecule has 32 heavy (non-hydrogen) atoms. The van der Waals surface area contributed by atoms with Crippen LogP contribution in [0.5, 0.6) is 0 Å². The van der Waals surface area contributed by atoms with Gasteiger partial charge >= 0.3 is 0 Å². The van der Waals surface area contributed by atoms with Crippen LogP contribution in [0.15, 0.2) is 22.7 Å². The maximum atomic E-state index is 12.8. The molecule has 2 fully saturated rings. The van der Waals surface area contributed by atoms with Gasteiger partial charge in [-0.25, -0.2) is 12.7 Å². The average molecular weight is 462 g/mol. The summed E-state index contributed by atoms with van der Waals surface area (Å²) in [5, 5.41) is 13.0. The Morgan fingerprint density at radius 3 is 2.62 bits per heavy atom. The largest absolute Gasteiger partial charge is 0.379 e. The molecule has 0 radical (unpaired) electrons. The summed E-state index contributed by atoms with van der Waals surface area (Å²) in [6.45, 7) is 4.48. The van der Waals surface area contributed by atoms with Crippen LogP contribution in [-0.4, -0.2) is 61.1 Å². The quantitative estimate of drug-likeness (QED) is 0.595. The standard InChI is InChI=1S/C21H27N5O5S/c1-12-20(13(2)31-25-12)14-4-5-16(22-15-8-9-26(11-15)32(3,29)30)18(10-14)24-21(28)17-6-7-19(27)23-17/h4-5,10,15,17,22H,6-9,11H2,1-3H3,(H,23,27)(H,24,28)/t15-,17?/m1/s1. The van der Waals surface area contributed by atoms with Crippen molar-refractivity contribution >= 4 is 33.2 Å². The SMILES string of the molecule is Cc1noc(C)c1-c1ccc(N[C@@H]2CCN(S(C)(=O)=O)C2)c(NC(=O)C2CCC(=O)N2)c1. The van der Waals surface area contributed by atoms with Crippen molar-refractivity contribution in [1.82, 2.24) is 14.8 Å². The van der Waals surface area contributed by atoms with Crippen molar-refractivity contribution in [2.45, 2.75) is 45.2 Å². The van der Waals surface area contributed by atoms with E-state index in [-0.39, 0.29) is 17.9 Å². The van der Waals surface area contributed by atoms with E-state index in [1.54, 1.807) is 0 Å². The number of hydrogen-bond acceptors (Lipinski definition) is 7. The molecule has 172 valence electrons. The van der Waals surface area contributed by atoms with E-state index in [1.807, 2.05) is 32.0 Å². The maximum Gasteiger partial charge on any atom is 0.247 e. The molecule has 4 rings (SSSR count). The molecular formula is C21H27N5O5S. The van der Waals surface area contributed by atoms with E-state index in [0.717, 1.165) is 16.8 Å². The first-order chi connectivity index (χ1) is 15.1. The fraction of sp³-hybridized carbons (Fsp3) is 0.476. The second-order valence-electron chi connectivity index (χ2n) is 8.36. The average Bonchev–Trinajstić information content (AvgIpc) is 3.44. The lowest BCUT2D eigenvalue weighted by Gasteiger charge is -2.20. The van der Waals surface area contributed by atoms with Gasteiger partial charge in [0, 0.05) is 31.1 Å². The molecule has 0 saturated carbocycles. The number of anilines is 2. The molecule has 1 aromatic carbocycles. The number of nitrogens with zero attached hydrogens (tertiary/aromatic N) is 2. The van der Waals surface area contributed by atoms with Gasteiger partial charge in [-0.15, -0.1) is 0 Å². The number of aryl methyl sites for hydroxylation is 2. The van der Waals surface area contributed by atoms with E-state index in [4.69, 9.17) is 4.52 Å². The molecule has 3 N–H and O–H groups in total. The van der Waals surface area contributed by atoms with Crippen molar-refractivity contribution < 1.29 is 22.5 Å². The molecule has 0 aliphatic carbocycles. The number of nitrogens with one attached hydrogen (secondary N) is 3. The van der Waals surface area contributed by atoms with Gasteiger partial charge in [-0.3, -0.25) is 9.59 Å². The number of aromatic nitrogens is 1. The van der Waals surface area contributed by atoms with Gasteiger partial charge in [0.15, 0.2) is 0 Å². The topological polar surface area (TPSA) is 134 Å². The fourth-order valence-electron chi connectivity index (χ4n) is 4.22. The summed E-state index contributed by atoms with van der Waals surface area (Å²) in [7, 11) is -3.25. The number of carbonyl (C=O) groups is 2. The Hall–Kier alpha value is -2.92. The van der Waals surface area contributed by atoms with E-state index in [1.165, 1.54) is 10.6 Å². The van der Waals surface area contributed by atoms with E-state index in [9.17, 15) is 18.0 Å². The molecule has 0 spiro atoms. The Labute approximate surface area is 186 Å². The first-order valence-corrected chi connectivity index (χ1v) is 12.4. The van der Waals surface area contributed by atoms with Crippen LogP contribution >= 0.6 is 0 Å². The molecule has 11 heteroatoms. The van der Waals surface area contributed by atoms with Gasteiger partial charge in [-0.05, 0) is 44.4 Å². The lowest BCUT2D eigenvalue weighted by atomic mass is 10.0. The van der Waals surface area contributed by atoms with Crippen molar-refractivity contribution in [3.8, 4) is 11.1 Å². The van der Waals surface area contributed by atoms with Gasteiger partial charge in [0.05, 0.1) is 23.3 Å². The second kappa shape index (κ2) is 8.55. The minimum Gasteiger partial charge on any atom is -0.379 e. The molecule has 0 bridgehead atoms. The zero-order valence-electron chi connectivity index (χ0n) is 18.3. The minimum atomic E-state index is -3.25. The second-order valence-corrected chi connectivity index (χ2v) is 10.3. The Kier molecular flexibility index (Phi) is 5.95. The number of benzene rings is 1. The lowest BCUT2D eigenvalue weighted by molar-refractivity contribution is -0.122. The Bertz CT molecular complexity index is 1140. The van der Waals surface area contributed by atoms with Crippen LogP contribution in [-0.2, 0) is 19.6 Å². The van der Waals surface area contributed by atoms with Gasteiger partial charge in [0.2, 0.25) is 21.8 Å². The first-order valence-electron chi connectivity index (χ1n) is 10.5. The van der Waals surface area contributed by atoms with Crippen molar-refractivity contribution in [2.75, 3.05) is 30.0 Å². The molecule has 2 amide bonds. The summed E-state index contributed by atoms with van der Waals surface area (Å²) in [6.07, 6.45) is 2.63. The summed E-state index contributed by atoms with van der Waals surface area (Å²) < 4.78 is 30.4. The monoisotopic (exact) mass is 461 g/mol.